The van der Waals surface area contributed by atoms with Gasteiger partial charge in [0.05, 0.1) is 77.3 Å². The van der Waals surface area contributed by atoms with Crippen LogP contribution in [0, 0.1) is 11.8 Å². The molecular weight excluding hydrogens is 649 g/mol. The van der Waals surface area contributed by atoms with Crippen LogP contribution >= 0.6 is 0 Å². The first-order valence-electron chi connectivity index (χ1n) is 18.6. The summed E-state index contributed by atoms with van der Waals surface area (Å²) in [5.41, 5.74) is 4.21. The summed E-state index contributed by atoms with van der Waals surface area (Å²) in [7, 11) is 0. The third-order valence-electron chi connectivity index (χ3n) is 7.89. The van der Waals surface area contributed by atoms with Gasteiger partial charge in [0.15, 0.2) is 0 Å². The quantitative estimate of drug-likeness (QED) is 0.280. The molecule has 0 N–H and O–H groups in total. The van der Waals surface area contributed by atoms with Gasteiger partial charge in [0.2, 0.25) is 0 Å². The predicted octanol–water partition coefficient (Wildman–Crippen LogP) is 5.11. The van der Waals surface area contributed by atoms with Gasteiger partial charge in [0.1, 0.15) is 0 Å². The molecular formula is C40H58N12. The maximum atomic E-state index is 4.73. The zero-order valence-corrected chi connectivity index (χ0v) is 31.7. The number of nitrogens with zero attached hydrogens (tertiary/aromatic N) is 12. The van der Waals surface area contributed by atoms with Crippen molar-refractivity contribution < 1.29 is 0 Å². The molecule has 2 aliphatic heterocycles. The van der Waals surface area contributed by atoms with Crippen LogP contribution in [0.2, 0.25) is 0 Å². The molecule has 0 fully saturated rings. The summed E-state index contributed by atoms with van der Waals surface area (Å²) >= 11 is 0. The molecule has 0 amide bonds. The number of rotatable bonds is 12. The highest BCUT2D eigenvalue weighted by atomic mass is 15.1. The van der Waals surface area contributed by atoms with Crippen LogP contribution in [-0.4, -0.2) is 150 Å². The van der Waals surface area contributed by atoms with Gasteiger partial charge in [0.25, 0.3) is 0 Å². The van der Waals surface area contributed by atoms with E-state index in [9.17, 15) is 0 Å². The average molecular weight is 707 g/mol. The summed E-state index contributed by atoms with van der Waals surface area (Å²) < 4.78 is 0. The van der Waals surface area contributed by atoms with Crippen molar-refractivity contribution in [3.8, 4) is 0 Å². The molecule has 2 aliphatic rings. The maximum Gasteiger partial charge on any atom is 0.0637 e. The van der Waals surface area contributed by atoms with Crippen LogP contribution in [0.1, 0.15) is 38.8 Å². The largest absolute Gasteiger partial charge is 0.377 e. The predicted molar refractivity (Wildman–Crippen MR) is 227 cm³/mol. The Bertz CT molecular complexity index is 1350. The van der Waals surface area contributed by atoms with Crippen molar-refractivity contribution in [2.45, 2.75) is 40.8 Å². The minimum atomic E-state index is -0.0876. The van der Waals surface area contributed by atoms with E-state index in [1.165, 1.54) is 0 Å². The van der Waals surface area contributed by atoms with E-state index in [1.54, 1.807) is 0 Å². The Labute approximate surface area is 311 Å². The summed E-state index contributed by atoms with van der Waals surface area (Å²) in [5, 5.41) is 0. The number of aliphatic imine (C=N–C) groups is 10. The highest BCUT2D eigenvalue weighted by molar-refractivity contribution is 6.05. The molecule has 52 heavy (non-hydrogen) atoms. The molecule has 0 unspecified atom stereocenters. The Kier molecular flexibility index (Phi) is 21.3. The Morgan fingerprint density at radius 2 is 0.846 bits per heavy atom. The standard InChI is InChI=1S/C40H58N12/c1-5-51(6-2)33-39-29-45-16-12-41-23-37(24-42-13-17-46-30-39)27-49-21-35-10-9-11-36(20-35)22-50-28-38-25-43-14-18-47-31-40(34-52(7-3)8-4)32-48-19-15-44-26-38/h9-11,20,23-34,37-38H,5-8,12-19,21-22H2,1-4H3. The summed E-state index contributed by atoms with van der Waals surface area (Å²) in [6.07, 6.45) is 23.1. The van der Waals surface area contributed by atoms with Crippen molar-refractivity contribution >= 4 is 62.1 Å². The molecule has 12 heteroatoms. The van der Waals surface area contributed by atoms with Crippen LogP contribution in [0.15, 0.2) is 97.7 Å². The molecule has 0 saturated heterocycles. The van der Waals surface area contributed by atoms with Crippen molar-refractivity contribution in [1.29, 1.82) is 0 Å². The van der Waals surface area contributed by atoms with E-state index in [0.717, 1.165) is 48.5 Å². The molecule has 0 bridgehead atoms. The van der Waals surface area contributed by atoms with E-state index in [-0.39, 0.29) is 11.8 Å². The second-order valence-corrected chi connectivity index (χ2v) is 12.0. The molecule has 0 aromatic heterocycles. The van der Waals surface area contributed by atoms with Crippen LogP contribution in [-0.2, 0) is 13.1 Å². The van der Waals surface area contributed by atoms with Gasteiger partial charge in [-0.15, -0.1) is 0 Å². The van der Waals surface area contributed by atoms with Gasteiger partial charge in [-0.1, -0.05) is 24.3 Å². The first-order valence-corrected chi connectivity index (χ1v) is 18.6. The molecule has 0 spiro atoms. The SMILES string of the molecule is CCN(C=C1C=NCCN=CC(C=NCc2cccc(CN=CC3C=NCCN=CC(=CN(CC)CC)C=NCCN=C3)c2)C=NCCN=C1)CC. The fourth-order valence-corrected chi connectivity index (χ4v) is 4.98. The summed E-state index contributed by atoms with van der Waals surface area (Å²) in [5.74, 6) is -0.175. The molecule has 1 aromatic carbocycles. The molecule has 278 valence electrons. The maximum absolute atomic E-state index is 4.73. The first-order chi connectivity index (χ1) is 25.6. The first kappa shape index (κ1) is 41.4. The van der Waals surface area contributed by atoms with Gasteiger partial charge < -0.3 is 9.80 Å². The molecule has 0 aliphatic carbocycles. The Balaban J connectivity index is 1.54. The van der Waals surface area contributed by atoms with Crippen molar-refractivity contribution in [2.75, 3.05) is 78.5 Å². The number of hydrogen-bond donors (Lipinski definition) is 0. The van der Waals surface area contributed by atoms with Gasteiger partial charge in [-0.05, 0) is 38.8 Å². The molecule has 3 rings (SSSR count). The molecule has 1 aromatic rings. The lowest BCUT2D eigenvalue weighted by Gasteiger charge is -2.15. The summed E-state index contributed by atoms with van der Waals surface area (Å²) in [6.45, 7) is 18.3. The van der Waals surface area contributed by atoms with Gasteiger partial charge in [-0.25, -0.2) is 0 Å². The summed E-state index contributed by atoms with van der Waals surface area (Å²) in [4.78, 5) is 50.5. The van der Waals surface area contributed by atoms with Crippen molar-refractivity contribution in [3.63, 3.8) is 0 Å². The van der Waals surface area contributed by atoms with E-state index in [1.807, 2.05) is 62.1 Å². The van der Waals surface area contributed by atoms with Crippen LogP contribution in [0.3, 0.4) is 0 Å². The normalized spacial score (nSPS) is 19.3. The summed E-state index contributed by atoms with van der Waals surface area (Å²) in [6, 6.07) is 8.38. The highest BCUT2D eigenvalue weighted by Gasteiger charge is 2.02. The van der Waals surface area contributed by atoms with Gasteiger partial charge in [0, 0.05) is 112 Å². The van der Waals surface area contributed by atoms with E-state index in [4.69, 9.17) is 9.98 Å². The number of hydrogen-bond acceptors (Lipinski definition) is 12. The van der Waals surface area contributed by atoms with Crippen LogP contribution in [0.25, 0.3) is 0 Å². The van der Waals surface area contributed by atoms with Crippen LogP contribution in [0.4, 0.5) is 0 Å². The lowest BCUT2D eigenvalue weighted by molar-refractivity contribution is 0.418. The lowest BCUT2D eigenvalue weighted by Crippen LogP contribution is -2.17. The fraction of sp³-hybridized carbons (Fsp3) is 0.500. The molecule has 2 heterocycles. The van der Waals surface area contributed by atoms with Gasteiger partial charge in [-0.2, -0.15) is 0 Å². The van der Waals surface area contributed by atoms with Crippen molar-refractivity contribution in [1.82, 2.24) is 9.80 Å². The molecule has 0 radical (unpaired) electrons. The third-order valence-corrected chi connectivity index (χ3v) is 7.89. The van der Waals surface area contributed by atoms with Crippen LogP contribution < -0.4 is 0 Å². The zero-order valence-electron chi connectivity index (χ0n) is 31.7. The Hall–Kier alpha value is -5.00. The average Bonchev–Trinajstić information content (AvgIpc) is 3.16. The monoisotopic (exact) mass is 706 g/mol. The van der Waals surface area contributed by atoms with E-state index >= 15 is 0 Å². The van der Waals surface area contributed by atoms with Gasteiger partial charge >= 0.3 is 0 Å². The van der Waals surface area contributed by atoms with Crippen molar-refractivity contribution in [2.24, 2.45) is 61.8 Å². The van der Waals surface area contributed by atoms with Crippen molar-refractivity contribution in [3.05, 3.63) is 58.9 Å². The Morgan fingerprint density at radius 1 is 0.519 bits per heavy atom. The fourth-order valence-electron chi connectivity index (χ4n) is 4.98. The van der Waals surface area contributed by atoms with Crippen LogP contribution in [0.5, 0.6) is 0 Å². The topological polar surface area (TPSA) is 130 Å². The third kappa shape index (κ3) is 18.3. The second kappa shape index (κ2) is 26.8. The van der Waals surface area contributed by atoms with E-state index in [2.05, 4.69) is 114 Å². The minimum absolute atomic E-state index is 0.0876. The van der Waals surface area contributed by atoms with Gasteiger partial charge in [-0.3, -0.25) is 49.9 Å². The highest BCUT2D eigenvalue weighted by Crippen LogP contribution is 2.08. The molecule has 0 saturated carbocycles. The smallest absolute Gasteiger partial charge is 0.0637 e. The Morgan fingerprint density at radius 3 is 1.17 bits per heavy atom. The molecule has 0 atom stereocenters. The number of allylic oxidation sites excluding steroid dienone is 2. The zero-order chi connectivity index (χ0) is 36.9. The second-order valence-electron chi connectivity index (χ2n) is 12.0. The van der Waals surface area contributed by atoms with E-state index < -0.39 is 0 Å². The number of benzene rings is 1. The lowest BCUT2D eigenvalue weighted by atomic mass is 10.1. The minimum Gasteiger partial charge on any atom is -0.377 e. The van der Waals surface area contributed by atoms with E-state index in [0.29, 0.717) is 65.4 Å². The molecule has 12 nitrogen and oxygen atoms in total.